The maximum atomic E-state index is 12.3. The van der Waals surface area contributed by atoms with Crippen LogP contribution in [0.1, 0.15) is 34.6 Å². The van der Waals surface area contributed by atoms with E-state index in [4.69, 9.17) is 0 Å². The van der Waals surface area contributed by atoms with E-state index in [1.807, 2.05) is 24.4 Å². The third-order valence-corrected chi connectivity index (χ3v) is 6.17. The number of thiazole rings is 1. The molecule has 1 aliphatic heterocycles. The minimum absolute atomic E-state index is 0. The number of hydrogen-bond donors (Lipinski definition) is 2. The first kappa shape index (κ1) is 21.4. The van der Waals surface area contributed by atoms with Crippen molar-refractivity contribution in [2.24, 2.45) is 5.92 Å². The van der Waals surface area contributed by atoms with Gasteiger partial charge in [0.1, 0.15) is 9.88 Å². The van der Waals surface area contributed by atoms with Crippen molar-refractivity contribution < 1.29 is 4.79 Å². The van der Waals surface area contributed by atoms with Crippen LogP contribution in [-0.4, -0.2) is 30.5 Å². The Morgan fingerprint density at radius 2 is 2.29 bits per heavy atom. The van der Waals surface area contributed by atoms with E-state index in [1.165, 1.54) is 24.2 Å². The normalized spacial score (nSPS) is 16.8. The van der Waals surface area contributed by atoms with Gasteiger partial charge in [-0.1, -0.05) is 6.07 Å². The van der Waals surface area contributed by atoms with Crippen LogP contribution in [0.5, 0.6) is 0 Å². The number of piperidine rings is 1. The third-order valence-electron chi connectivity index (χ3n) is 3.97. The highest BCUT2D eigenvalue weighted by Gasteiger charge is 2.17. The highest BCUT2D eigenvalue weighted by molar-refractivity contribution is 7.22. The first-order valence-corrected chi connectivity index (χ1v) is 9.44. The van der Waals surface area contributed by atoms with Gasteiger partial charge in [0.2, 0.25) is 0 Å². The van der Waals surface area contributed by atoms with E-state index in [-0.39, 0.29) is 30.7 Å². The van der Waals surface area contributed by atoms with Gasteiger partial charge in [-0.3, -0.25) is 4.79 Å². The molecule has 0 aromatic carbocycles. The fourth-order valence-corrected chi connectivity index (χ4v) is 4.53. The first-order valence-electron chi connectivity index (χ1n) is 7.74. The predicted molar refractivity (Wildman–Crippen MR) is 107 cm³/mol. The van der Waals surface area contributed by atoms with E-state index < -0.39 is 0 Å². The number of thiophene rings is 1. The van der Waals surface area contributed by atoms with Crippen molar-refractivity contribution >= 4 is 53.4 Å². The molecule has 1 atom stereocenters. The molecule has 1 fully saturated rings. The second-order valence-corrected chi connectivity index (χ2v) is 7.61. The third kappa shape index (κ3) is 5.43. The molecule has 2 N–H and O–H groups in total. The van der Waals surface area contributed by atoms with Crippen LogP contribution in [0.15, 0.2) is 17.5 Å². The van der Waals surface area contributed by atoms with Crippen molar-refractivity contribution in [2.75, 3.05) is 19.6 Å². The van der Waals surface area contributed by atoms with Gasteiger partial charge in [0.15, 0.2) is 0 Å². The molecule has 24 heavy (non-hydrogen) atoms. The van der Waals surface area contributed by atoms with Crippen LogP contribution in [0.2, 0.25) is 0 Å². The molecule has 0 saturated carbocycles. The Kier molecular flexibility index (Phi) is 9.23. The van der Waals surface area contributed by atoms with E-state index in [0.29, 0.717) is 5.92 Å². The molecule has 0 spiro atoms. The van der Waals surface area contributed by atoms with E-state index >= 15 is 0 Å². The molecule has 134 valence electrons. The summed E-state index contributed by atoms with van der Waals surface area (Å²) in [6.45, 7) is 4.87. The number of halogens is 2. The molecular formula is C16H23Cl2N3OS2. The van der Waals surface area contributed by atoms with E-state index in [1.54, 1.807) is 11.3 Å². The quantitative estimate of drug-likeness (QED) is 0.782. The average molecular weight is 408 g/mol. The molecule has 3 rings (SSSR count). The van der Waals surface area contributed by atoms with E-state index in [9.17, 15) is 4.79 Å². The molecule has 1 saturated heterocycles. The fraction of sp³-hybridized carbons (Fsp3) is 0.500. The molecule has 3 heterocycles. The zero-order valence-electron chi connectivity index (χ0n) is 13.5. The summed E-state index contributed by atoms with van der Waals surface area (Å²) >= 11 is 3.14. The Balaban J connectivity index is 0.00000144. The van der Waals surface area contributed by atoms with Crippen molar-refractivity contribution in [3.63, 3.8) is 0 Å². The van der Waals surface area contributed by atoms with Gasteiger partial charge < -0.3 is 10.6 Å². The van der Waals surface area contributed by atoms with Gasteiger partial charge >= 0.3 is 0 Å². The number of amides is 1. The topological polar surface area (TPSA) is 54.0 Å². The molecule has 0 radical (unpaired) electrons. The first-order chi connectivity index (χ1) is 10.7. The smallest absolute Gasteiger partial charge is 0.263 e. The minimum Gasteiger partial charge on any atom is -0.351 e. The number of aryl methyl sites for hydroxylation is 1. The maximum Gasteiger partial charge on any atom is 0.263 e. The Bertz CT molecular complexity index is 625. The molecule has 8 heteroatoms. The largest absolute Gasteiger partial charge is 0.351 e. The van der Waals surface area contributed by atoms with Crippen LogP contribution in [0.25, 0.3) is 9.88 Å². The molecule has 1 aliphatic rings. The molecule has 2 aromatic heterocycles. The lowest BCUT2D eigenvalue weighted by Gasteiger charge is -2.22. The minimum atomic E-state index is 0. The van der Waals surface area contributed by atoms with Crippen LogP contribution < -0.4 is 10.6 Å². The second-order valence-electron chi connectivity index (χ2n) is 5.67. The summed E-state index contributed by atoms with van der Waals surface area (Å²) in [6.07, 6.45) is 3.57. The summed E-state index contributed by atoms with van der Waals surface area (Å²) in [4.78, 5) is 18.7. The summed E-state index contributed by atoms with van der Waals surface area (Å²) in [5, 5.41) is 9.44. The lowest BCUT2D eigenvalue weighted by molar-refractivity contribution is 0.0954. The van der Waals surface area contributed by atoms with Gasteiger partial charge in [0.25, 0.3) is 5.91 Å². The van der Waals surface area contributed by atoms with Crippen molar-refractivity contribution in [3.05, 3.63) is 28.1 Å². The standard InChI is InChI=1S/C16H21N3OS2.2ClH/c1-11-14(22-16(19-11)13-5-3-9-21-13)15(20)18-8-6-12-4-2-7-17-10-12;;/h3,5,9,12,17H,2,4,6-8,10H2,1H3,(H,18,20);2*1H. The van der Waals surface area contributed by atoms with Gasteiger partial charge in [0.05, 0.1) is 10.6 Å². The maximum absolute atomic E-state index is 12.3. The number of hydrogen-bond acceptors (Lipinski definition) is 5. The van der Waals surface area contributed by atoms with Crippen molar-refractivity contribution in [1.29, 1.82) is 0 Å². The Labute approximate surface area is 163 Å². The average Bonchev–Trinajstić information content (AvgIpc) is 3.17. The summed E-state index contributed by atoms with van der Waals surface area (Å²) in [6, 6.07) is 4.05. The highest BCUT2D eigenvalue weighted by atomic mass is 35.5. The molecule has 0 aliphatic carbocycles. The summed E-state index contributed by atoms with van der Waals surface area (Å²) < 4.78 is 0. The molecule has 2 aromatic rings. The van der Waals surface area contributed by atoms with Crippen LogP contribution >= 0.6 is 47.5 Å². The molecule has 4 nitrogen and oxygen atoms in total. The van der Waals surface area contributed by atoms with Crippen LogP contribution in [-0.2, 0) is 0 Å². The Hall–Kier alpha value is -0.660. The number of aromatic nitrogens is 1. The summed E-state index contributed by atoms with van der Waals surface area (Å²) in [5.41, 5.74) is 0.824. The SMILES string of the molecule is Cc1nc(-c2cccs2)sc1C(=O)NCCC1CCCNC1.Cl.Cl. The fourth-order valence-electron chi connectivity index (χ4n) is 2.75. The van der Waals surface area contributed by atoms with E-state index in [2.05, 4.69) is 15.6 Å². The zero-order chi connectivity index (χ0) is 15.4. The predicted octanol–water partition coefficient (Wildman–Crippen LogP) is 4.14. The number of nitrogens with one attached hydrogen (secondary N) is 2. The lowest BCUT2D eigenvalue weighted by Crippen LogP contribution is -2.33. The molecule has 1 unspecified atom stereocenters. The summed E-state index contributed by atoms with van der Waals surface area (Å²) in [5.74, 6) is 0.708. The molecular weight excluding hydrogens is 385 g/mol. The number of carbonyl (C=O) groups excluding carboxylic acids is 1. The molecule has 1 amide bonds. The van der Waals surface area contributed by atoms with Crippen molar-refractivity contribution in [1.82, 2.24) is 15.6 Å². The van der Waals surface area contributed by atoms with Crippen LogP contribution in [0, 0.1) is 12.8 Å². The van der Waals surface area contributed by atoms with Gasteiger partial charge in [-0.2, -0.15) is 0 Å². The molecule has 0 bridgehead atoms. The van der Waals surface area contributed by atoms with Gasteiger partial charge in [-0.25, -0.2) is 4.98 Å². The Morgan fingerprint density at radius 1 is 1.46 bits per heavy atom. The summed E-state index contributed by atoms with van der Waals surface area (Å²) in [7, 11) is 0. The van der Waals surface area contributed by atoms with E-state index in [0.717, 1.165) is 46.5 Å². The second kappa shape index (κ2) is 10.4. The Morgan fingerprint density at radius 3 is 2.96 bits per heavy atom. The van der Waals surface area contributed by atoms with Gasteiger partial charge in [-0.15, -0.1) is 47.5 Å². The van der Waals surface area contributed by atoms with Gasteiger partial charge in [0, 0.05) is 6.54 Å². The van der Waals surface area contributed by atoms with Gasteiger partial charge in [-0.05, 0) is 56.6 Å². The number of nitrogens with zero attached hydrogens (tertiary/aromatic N) is 1. The number of carbonyl (C=O) groups is 1. The van der Waals surface area contributed by atoms with Crippen LogP contribution in [0.3, 0.4) is 0 Å². The monoisotopic (exact) mass is 407 g/mol. The van der Waals surface area contributed by atoms with Crippen molar-refractivity contribution in [3.8, 4) is 9.88 Å². The number of rotatable bonds is 5. The van der Waals surface area contributed by atoms with Crippen molar-refractivity contribution in [2.45, 2.75) is 26.2 Å². The zero-order valence-corrected chi connectivity index (χ0v) is 16.8. The van der Waals surface area contributed by atoms with Crippen LogP contribution in [0.4, 0.5) is 0 Å². The highest BCUT2D eigenvalue weighted by Crippen LogP contribution is 2.30. The lowest BCUT2D eigenvalue weighted by atomic mass is 9.96.